The minimum absolute atomic E-state index is 0.0374. The standard InChI is InChI=1S/C26H28N4O2/c1-16-22(24(31)30(29-16)23-8-4-6-20-5-2-3-7-21(20)23)15-27-28-25(32)26-12-17-9-18(13-26)11-19(10-17)14-26/h2-8,15,17-19,29H,9-14H2,1H3,(H,28,32)/b27-15-. The van der Waals surface area contributed by atoms with Crippen molar-refractivity contribution in [2.45, 2.75) is 45.4 Å². The van der Waals surface area contributed by atoms with Gasteiger partial charge in [-0.1, -0.05) is 36.4 Å². The summed E-state index contributed by atoms with van der Waals surface area (Å²) < 4.78 is 1.56. The molecule has 164 valence electrons. The molecule has 0 radical (unpaired) electrons. The highest BCUT2D eigenvalue weighted by Crippen LogP contribution is 2.60. The van der Waals surface area contributed by atoms with Gasteiger partial charge in [0.2, 0.25) is 5.91 Å². The van der Waals surface area contributed by atoms with Crippen molar-refractivity contribution in [2.24, 2.45) is 28.3 Å². The molecule has 4 saturated carbocycles. The Kier molecular flexibility index (Phi) is 4.39. The highest BCUT2D eigenvalue weighted by Gasteiger charge is 2.54. The van der Waals surface area contributed by atoms with E-state index in [2.05, 4.69) is 15.6 Å². The van der Waals surface area contributed by atoms with Crippen LogP contribution >= 0.6 is 0 Å². The molecule has 4 aliphatic rings. The van der Waals surface area contributed by atoms with Gasteiger partial charge in [0.25, 0.3) is 5.56 Å². The fraction of sp³-hybridized carbons (Fsp3) is 0.423. The topological polar surface area (TPSA) is 79.2 Å². The summed E-state index contributed by atoms with van der Waals surface area (Å²) in [5.41, 5.74) is 4.35. The van der Waals surface area contributed by atoms with E-state index in [0.29, 0.717) is 23.3 Å². The van der Waals surface area contributed by atoms with Gasteiger partial charge in [-0.15, -0.1) is 0 Å². The second kappa shape index (κ2) is 7.19. The maximum Gasteiger partial charge on any atom is 0.280 e. The van der Waals surface area contributed by atoms with Gasteiger partial charge in [0.1, 0.15) is 0 Å². The molecule has 32 heavy (non-hydrogen) atoms. The number of hydrazone groups is 1. The van der Waals surface area contributed by atoms with E-state index in [1.54, 1.807) is 4.68 Å². The van der Waals surface area contributed by atoms with Crippen molar-refractivity contribution in [1.82, 2.24) is 15.2 Å². The molecule has 4 bridgehead atoms. The van der Waals surface area contributed by atoms with Crippen LogP contribution in [0.2, 0.25) is 0 Å². The number of nitrogens with one attached hydrogen (secondary N) is 2. The third-order valence-electron chi connectivity index (χ3n) is 8.00. The molecule has 1 heterocycles. The first-order valence-electron chi connectivity index (χ1n) is 11.7. The van der Waals surface area contributed by atoms with Gasteiger partial charge in [0.15, 0.2) is 0 Å². The number of benzene rings is 2. The van der Waals surface area contributed by atoms with E-state index in [9.17, 15) is 9.59 Å². The molecule has 1 aromatic heterocycles. The maximum atomic E-state index is 13.2. The number of aromatic nitrogens is 2. The molecule has 0 unspecified atom stereocenters. The predicted octanol–water partition coefficient (Wildman–Crippen LogP) is 4.29. The van der Waals surface area contributed by atoms with Gasteiger partial charge in [0.05, 0.1) is 22.9 Å². The molecule has 3 aromatic rings. The molecule has 0 aliphatic heterocycles. The summed E-state index contributed by atoms with van der Waals surface area (Å²) in [5.74, 6) is 2.15. The summed E-state index contributed by atoms with van der Waals surface area (Å²) in [7, 11) is 0. The number of hydrogen-bond acceptors (Lipinski definition) is 3. The summed E-state index contributed by atoms with van der Waals surface area (Å²) in [5, 5.41) is 9.47. The summed E-state index contributed by atoms with van der Waals surface area (Å²) in [6, 6.07) is 13.9. The third kappa shape index (κ3) is 3.04. The van der Waals surface area contributed by atoms with Crippen LogP contribution in [0.15, 0.2) is 52.4 Å². The van der Waals surface area contributed by atoms with E-state index in [1.165, 1.54) is 25.5 Å². The molecule has 4 fully saturated rings. The summed E-state index contributed by atoms with van der Waals surface area (Å²) in [6.45, 7) is 1.85. The number of amides is 1. The van der Waals surface area contributed by atoms with Crippen molar-refractivity contribution in [3.05, 3.63) is 64.1 Å². The fourth-order valence-electron chi connectivity index (χ4n) is 6.95. The normalized spacial score (nSPS) is 28.6. The second-order valence-electron chi connectivity index (χ2n) is 10.2. The lowest BCUT2D eigenvalue weighted by Gasteiger charge is -2.55. The van der Waals surface area contributed by atoms with E-state index in [1.807, 2.05) is 49.4 Å². The molecule has 2 N–H and O–H groups in total. The monoisotopic (exact) mass is 428 g/mol. The van der Waals surface area contributed by atoms with Crippen LogP contribution in [0.25, 0.3) is 16.5 Å². The highest BCUT2D eigenvalue weighted by molar-refractivity contribution is 5.90. The van der Waals surface area contributed by atoms with Crippen LogP contribution in [0.3, 0.4) is 0 Å². The number of H-pyrrole nitrogens is 1. The van der Waals surface area contributed by atoms with Gasteiger partial charge in [-0.3, -0.25) is 14.7 Å². The van der Waals surface area contributed by atoms with Gasteiger partial charge in [-0.25, -0.2) is 10.1 Å². The smallest absolute Gasteiger partial charge is 0.280 e. The predicted molar refractivity (Wildman–Crippen MR) is 125 cm³/mol. The largest absolute Gasteiger partial charge is 0.295 e. The molecule has 7 rings (SSSR count). The number of fused-ring (bicyclic) bond motifs is 1. The lowest BCUT2D eigenvalue weighted by molar-refractivity contribution is -0.146. The lowest BCUT2D eigenvalue weighted by atomic mass is 9.49. The first-order chi connectivity index (χ1) is 15.5. The van der Waals surface area contributed by atoms with Gasteiger partial charge < -0.3 is 0 Å². The van der Waals surface area contributed by atoms with Gasteiger partial charge in [-0.2, -0.15) is 5.10 Å². The third-order valence-corrected chi connectivity index (χ3v) is 8.00. The summed E-state index contributed by atoms with van der Waals surface area (Å²) in [6.07, 6.45) is 8.38. The molecule has 6 heteroatoms. The number of nitrogens with zero attached hydrogens (tertiary/aromatic N) is 2. The Morgan fingerprint density at radius 2 is 1.72 bits per heavy atom. The zero-order valence-electron chi connectivity index (χ0n) is 18.3. The summed E-state index contributed by atoms with van der Waals surface area (Å²) in [4.78, 5) is 26.3. The first kappa shape index (κ1) is 19.5. The van der Waals surface area contributed by atoms with Crippen molar-refractivity contribution in [3.63, 3.8) is 0 Å². The summed E-state index contributed by atoms with van der Waals surface area (Å²) >= 11 is 0. The van der Waals surface area contributed by atoms with Crippen LogP contribution in [0, 0.1) is 30.1 Å². The molecular formula is C26H28N4O2. The van der Waals surface area contributed by atoms with Crippen LogP contribution in [-0.2, 0) is 4.79 Å². The van der Waals surface area contributed by atoms with E-state index in [-0.39, 0.29) is 16.9 Å². The van der Waals surface area contributed by atoms with Crippen molar-refractivity contribution in [1.29, 1.82) is 0 Å². The average molecular weight is 429 g/mol. The van der Waals surface area contributed by atoms with Crippen LogP contribution in [0.5, 0.6) is 0 Å². The van der Waals surface area contributed by atoms with Crippen molar-refractivity contribution < 1.29 is 4.79 Å². The molecule has 2 aromatic carbocycles. The number of carbonyl (C=O) groups is 1. The number of hydrogen-bond donors (Lipinski definition) is 2. The number of rotatable bonds is 4. The molecule has 6 nitrogen and oxygen atoms in total. The Bertz CT molecular complexity index is 1260. The van der Waals surface area contributed by atoms with Crippen LogP contribution < -0.4 is 11.0 Å². The number of carbonyl (C=O) groups excluding carboxylic acids is 1. The zero-order valence-corrected chi connectivity index (χ0v) is 18.3. The molecular weight excluding hydrogens is 400 g/mol. The van der Waals surface area contributed by atoms with Crippen molar-refractivity contribution in [2.75, 3.05) is 0 Å². The van der Waals surface area contributed by atoms with E-state index in [0.717, 1.165) is 41.4 Å². The Balaban J connectivity index is 1.25. The highest BCUT2D eigenvalue weighted by atomic mass is 16.2. The van der Waals surface area contributed by atoms with Crippen LogP contribution in [0.4, 0.5) is 0 Å². The molecule has 1 amide bonds. The Morgan fingerprint density at radius 1 is 1.06 bits per heavy atom. The van der Waals surface area contributed by atoms with E-state index < -0.39 is 0 Å². The van der Waals surface area contributed by atoms with Crippen LogP contribution in [-0.4, -0.2) is 21.9 Å². The fourth-order valence-corrected chi connectivity index (χ4v) is 6.95. The Morgan fingerprint density at radius 3 is 2.44 bits per heavy atom. The zero-order chi connectivity index (χ0) is 21.9. The maximum absolute atomic E-state index is 13.2. The molecule has 0 atom stereocenters. The van der Waals surface area contributed by atoms with E-state index in [4.69, 9.17) is 0 Å². The Labute approximate surface area is 186 Å². The lowest BCUT2D eigenvalue weighted by Crippen LogP contribution is -2.52. The minimum Gasteiger partial charge on any atom is -0.295 e. The van der Waals surface area contributed by atoms with Crippen LogP contribution in [0.1, 0.15) is 49.8 Å². The van der Waals surface area contributed by atoms with Gasteiger partial charge in [-0.05, 0) is 74.7 Å². The quantitative estimate of drug-likeness (QED) is 0.480. The molecule has 0 saturated heterocycles. The van der Waals surface area contributed by atoms with Gasteiger partial charge in [0, 0.05) is 11.1 Å². The van der Waals surface area contributed by atoms with E-state index >= 15 is 0 Å². The average Bonchev–Trinajstić information content (AvgIpc) is 3.06. The Hall–Kier alpha value is -3.15. The van der Waals surface area contributed by atoms with Crippen molar-refractivity contribution in [3.8, 4) is 5.69 Å². The van der Waals surface area contributed by atoms with Gasteiger partial charge >= 0.3 is 0 Å². The first-order valence-corrected chi connectivity index (χ1v) is 11.7. The molecule has 0 spiro atoms. The number of aromatic amines is 1. The van der Waals surface area contributed by atoms with Crippen molar-refractivity contribution >= 4 is 22.9 Å². The minimum atomic E-state index is -0.248. The SMILES string of the molecule is Cc1[nH]n(-c2cccc3ccccc23)c(=O)c1/C=N\NC(=O)C12CC3CC(CC(C3)C1)C2. The number of aryl methyl sites for hydroxylation is 1. The second-order valence-corrected chi connectivity index (χ2v) is 10.2. The molecule has 4 aliphatic carbocycles.